The maximum atomic E-state index is 12.2. The van der Waals surface area contributed by atoms with Crippen LogP contribution in [0.1, 0.15) is 22.2 Å². The van der Waals surface area contributed by atoms with E-state index in [0.717, 1.165) is 9.35 Å². The summed E-state index contributed by atoms with van der Waals surface area (Å²) in [6, 6.07) is 9.37. The fraction of sp³-hybridized carbons (Fsp3) is 0.214. The van der Waals surface area contributed by atoms with Crippen molar-refractivity contribution in [1.29, 1.82) is 0 Å². The predicted octanol–water partition coefficient (Wildman–Crippen LogP) is 4.33. The molecule has 2 aromatic rings. The highest BCUT2D eigenvalue weighted by molar-refractivity contribution is 9.10. The van der Waals surface area contributed by atoms with E-state index in [4.69, 9.17) is 4.74 Å². The largest absolute Gasteiger partial charge is 0.493 e. The molecular weight excluding hydrogens is 312 g/mol. The van der Waals surface area contributed by atoms with Crippen molar-refractivity contribution in [2.24, 2.45) is 0 Å². The molecule has 0 aliphatic rings. The smallest absolute Gasteiger partial charge is 0.171 e. The van der Waals surface area contributed by atoms with Crippen molar-refractivity contribution in [2.45, 2.75) is 13.3 Å². The predicted molar refractivity (Wildman–Crippen MR) is 77.7 cm³/mol. The minimum absolute atomic E-state index is 0.0911. The average molecular weight is 325 g/mol. The summed E-state index contributed by atoms with van der Waals surface area (Å²) in [5.41, 5.74) is 0.656. The van der Waals surface area contributed by atoms with Crippen LogP contribution >= 0.6 is 27.3 Å². The number of thiophene rings is 1. The molecule has 2 nitrogen and oxygen atoms in total. The van der Waals surface area contributed by atoms with Crippen molar-refractivity contribution in [3.05, 3.63) is 50.6 Å². The Hall–Kier alpha value is -1.13. The van der Waals surface area contributed by atoms with E-state index in [9.17, 15) is 4.79 Å². The van der Waals surface area contributed by atoms with Crippen LogP contribution in [0.4, 0.5) is 0 Å². The first-order valence-corrected chi connectivity index (χ1v) is 7.36. The first-order chi connectivity index (χ1) is 8.70. The first-order valence-electron chi connectivity index (χ1n) is 5.68. The van der Waals surface area contributed by atoms with E-state index in [0.29, 0.717) is 24.3 Å². The molecule has 0 fully saturated rings. The summed E-state index contributed by atoms with van der Waals surface area (Å²) in [4.78, 5) is 13.3. The van der Waals surface area contributed by atoms with E-state index in [1.165, 1.54) is 0 Å². The number of carbonyl (C=O) groups is 1. The van der Waals surface area contributed by atoms with Gasteiger partial charge in [0.15, 0.2) is 5.78 Å². The number of halogens is 1. The Bertz CT molecular complexity index is 548. The fourth-order valence-corrected chi connectivity index (χ4v) is 3.13. The zero-order valence-electron chi connectivity index (χ0n) is 9.98. The van der Waals surface area contributed by atoms with Gasteiger partial charge < -0.3 is 4.74 Å². The van der Waals surface area contributed by atoms with Gasteiger partial charge in [-0.3, -0.25) is 4.79 Å². The van der Waals surface area contributed by atoms with Gasteiger partial charge in [0, 0.05) is 21.2 Å². The zero-order valence-corrected chi connectivity index (χ0v) is 12.4. The highest BCUT2D eigenvalue weighted by Crippen LogP contribution is 2.24. The fourth-order valence-electron chi connectivity index (χ4n) is 1.68. The molecule has 0 radical (unpaired) electrons. The number of para-hydroxylation sites is 1. The third-order valence-electron chi connectivity index (χ3n) is 2.44. The minimum Gasteiger partial charge on any atom is -0.493 e. The van der Waals surface area contributed by atoms with Crippen molar-refractivity contribution >= 4 is 33.0 Å². The maximum absolute atomic E-state index is 12.2. The Morgan fingerprint density at radius 1 is 1.39 bits per heavy atom. The summed E-state index contributed by atoms with van der Waals surface area (Å²) in [6.45, 7) is 2.48. The van der Waals surface area contributed by atoms with Crippen molar-refractivity contribution < 1.29 is 9.53 Å². The lowest BCUT2D eigenvalue weighted by Gasteiger charge is -2.08. The number of ketones is 1. The second-order valence-electron chi connectivity index (χ2n) is 3.76. The van der Waals surface area contributed by atoms with E-state index >= 15 is 0 Å². The molecule has 0 saturated carbocycles. The summed E-state index contributed by atoms with van der Waals surface area (Å²) >= 11 is 4.98. The quantitative estimate of drug-likeness (QED) is 0.765. The second kappa shape index (κ2) is 6.16. The van der Waals surface area contributed by atoms with Crippen molar-refractivity contribution in [1.82, 2.24) is 0 Å². The number of rotatable bonds is 5. The number of benzene rings is 1. The molecular formula is C14H13BrO2S. The monoisotopic (exact) mass is 324 g/mol. The Kier molecular flexibility index (Phi) is 4.55. The third-order valence-corrected chi connectivity index (χ3v) is 4.14. The van der Waals surface area contributed by atoms with E-state index in [2.05, 4.69) is 15.9 Å². The lowest BCUT2D eigenvalue weighted by Crippen LogP contribution is -2.06. The van der Waals surface area contributed by atoms with Crippen LogP contribution in [0.2, 0.25) is 0 Å². The molecule has 1 heterocycles. The molecule has 94 valence electrons. The Morgan fingerprint density at radius 2 is 2.17 bits per heavy atom. The minimum atomic E-state index is 0.0911. The lowest BCUT2D eigenvalue weighted by atomic mass is 10.1. The van der Waals surface area contributed by atoms with Crippen LogP contribution in [0.25, 0.3) is 0 Å². The van der Waals surface area contributed by atoms with Gasteiger partial charge in [-0.25, -0.2) is 0 Å². The normalized spacial score (nSPS) is 10.3. The van der Waals surface area contributed by atoms with Crippen LogP contribution < -0.4 is 4.74 Å². The van der Waals surface area contributed by atoms with E-state index in [1.54, 1.807) is 11.3 Å². The molecule has 0 bridgehead atoms. The van der Waals surface area contributed by atoms with Gasteiger partial charge in [-0.15, -0.1) is 11.3 Å². The van der Waals surface area contributed by atoms with Gasteiger partial charge in [0.25, 0.3) is 0 Å². The van der Waals surface area contributed by atoms with Gasteiger partial charge in [0.1, 0.15) is 5.75 Å². The summed E-state index contributed by atoms with van der Waals surface area (Å²) in [6.07, 6.45) is 0.417. The van der Waals surface area contributed by atoms with Gasteiger partial charge in [-0.1, -0.05) is 12.1 Å². The topological polar surface area (TPSA) is 26.3 Å². The number of ether oxygens (including phenoxy) is 1. The van der Waals surface area contributed by atoms with E-state index in [1.807, 2.05) is 42.6 Å². The van der Waals surface area contributed by atoms with E-state index in [-0.39, 0.29) is 5.78 Å². The molecule has 0 aliphatic heterocycles. The van der Waals surface area contributed by atoms with Crippen LogP contribution in [-0.4, -0.2) is 12.4 Å². The standard InChI is InChI=1S/C14H13BrO2S/c1-2-17-14-6-4-3-5-12(14)13(16)8-11-7-10(15)9-18-11/h3-7,9H,2,8H2,1H3. The zero-order chi connectivity index (χ0) is 13.0. The molecule has 1 aromatic heterocycles. The number of hydrogen-bond donors (Lipinski definition) is 0. The molecule has 0 atom stereocenters. The van der Waals surface area contributed by atoms with Crippen LogP contribution in [0.3, 0.4) is 0 Å². The summed E-state index contributed by atoms with van der Waals surface area (Å²) in [5.74, 6) is 0.758. The first kappa shape index (κ1) is 13.3. The summed E-state index contributed by atoms with van der Waals surface area (Å²) < 4.78 is 6.50. The molecule has 0 saturated heterocycles. The van der Waals surface area contributed by atoms with Crippen molar-refractivity contribution in [2.75, 3.05) is 6.61 Å². The number of Topliss-reactive ketones (excluding diaryl/α,β-unsaturated/α-hetero) is 1. The van der Waals surface area contributed by atoms with Crippen molar-refractivity contribution in [3.63, 3.8) is 0 Å². The molecule has 1 aromatic carbocycles. The Morgan fingerprint density at radius 3 is 2.83 bits per heavy atom. The van der Waals surface area contributed by atoms with Gasteiger partial charge >= 0.3 is 0 Å². The molecule has 0 unspecified atom stereocenters. The van der Waals surface area contributed by atoms with Crippen LogP contribution in [0, 0.1) is 0 Å². The van der Waals surface area contributed by atoms with Crippen LogP contribution in [0.5, 0.6) is 5.75 Å². The Balaban J connectivity index is 2.18. The van der Waals surface area contributed by atoms with Crippen molar-refractivity contribution in [3.8, 4) is 5.75 Å². The van der Waals surface area contributed by atoms with Gasteiger partial charge in [0.05, 0.1) is 12.2 Å². The molecule has 18 heavy (non-hydrogen) atoms. The highest BCUT2D eigenvalue weighted by Gasteiger charge is 2.13. The van der Waals surface area contributed by atoms with Crippen LogP contribution in [0.15, 0.2) is 40.2 Å². The molecule has 0 amide bonds. The average Bonchev–Trinajstić information content (AvgIpc) is 2.76. The van der Waals surface area contributed by atoms with Gasteiger partial charge in [-0.05, 0) is 41.1 Å². The SMILES string of the molecule is CCOc1ccccc1C(=O)Cc1cc(Br)cs1. The molecule has 0 aliphatic carbocycles. The van der Waals surface area contributed by atoms with Gasteiger partial charge in [0.2, 0.25) is 0 Å². The number of carbonyl (C=O) groups excluding carboxylic acids is 1. The molecule has 0 N–H and O–H groups in total. The molecule has 4 heteroatoms. The summed E-state index contributed by atoms with van der Waals surface area (Å²) in [7, 11) is 0. The summed E-state index contributed by atoms with van der Waals surface area (Å²) in [5, 5.41) is 1.98. The third kappa shape index (κ3) is 3.21. The lowest BCUT2D eigenvalue weighted by molar-refractivity contribution is 0.0990. The highest BCUT2D eigenvalue weighted by atomic mass is 79.9. The molecule has 0 spiro atoms. The maximum Gasteiger partial charge on any atom is 0.171 e. The second-order valence-corrected chi connectivity index (χ2v) is 5.67. The Labute approximate surface area is 119 Å². The van der Waals surface area contributed by atoms with Gasteiger partial charge in [-0.2, -0.15) is 0 Å². The van der Waals surface area contributed by atoms with Crippen LogP contribution in [-0.2, 0) is 6.42 Å². The molecule has 2 rings (SSSR count). The number of hydrogen-bond acceptors (Lipinski definition) is 3. The van der Waals surface area contributed by atoms with E-state index < -0.39 is 0 Å².